The minimum Gasteiger partial charge on any atom is -0.292 e. The molecule has 0 fully saturated rings. The van der Waals surface area contributed by atoms with Gasteiger partial charge in [0, 0.05) is 11.1 Å². The summed E-state index contributed by atoms with van der Waals surface area (Å²) >= 11 is 0. The normalized spacial score (nSPS) is 13.7. The summed E-state index contributed by atoms with van der Waals surface area (Å²) in [5.41, 5.74) is 0.525. The molecule has 1 aromatic carbocycles. The number of Topliss-reactive ketones (excluding diaryl/α,β-unsaturated/α-hetero) is 1. The van der Waals surface area contributed by atoms with Gasteiger partial charge < -0.3 is 0 Å². The van der Waals surface area contributed by atoms with Gasteiger partial charge in [0.2, 0.25) is 0 Å². The molecular formula is C15H22FNO. The third-order valence-corrected chi connectivity index (χ3v) is 3.91. The Kier molecular flexibility index (Phi) is 4.63. The van der Waals surface area contributed by atoms with Crippen molar-refractivity contribution in [3.05, 3.63) is 35.6 Å². The first-order valence-corrected chi connectivity index (χ1v) is 6.32. The molecule has 0 aliphatic rings. The molecular weight excluding hydrogens is 229 g/mol. The summed E-state index contributed by atoms with van der Waals surface area (Å²) in [7, 11) is 1.95. The van der Waals surface area contributed by atoms with E-state index in [9.17, 15) is 9.18 Å². The van der Waals surface area contributed by atoms with E-state index in [0.717, 1.165) is 6.42 Å². The first-order valence-electron chi connectivity index (χ1n) is 6.32. The van der Waals surface area contributed by atoms with Gasteiger partial charge in [0.15, 0.2) is 5.78 Å². The summed E-state index contributed by atoms with van der Waals surface area (Å²) in [5, 5.41) is 0. The number of nitrogens with zero attached hydrogens (tertiary/aromatic N) is 1. The molecule has 1 aromatic rings. The van der Waals surface area contributed by atoms with Crippen LogP contribution in [0.1, 0.15) is 44.5 Å². The van der Waals surface area contributed by atoms with Gasteiger partial charge in [0.05, 0.1) is 6.04 Å². The maximum atomic E-state index is 12.8. The summed E-state index contributed by atoms with van der Waals surface area (Å²) in [6.07, 6.45) is 0.963. The molecule has 0 heterocycles. The third kappa shape index (κ3) is 3.16. The molecule has 100 valence electrons. The van der Waals surface area contributed by atoms with Crippen LogP contribution in [0.15, 0.2) is 24.3 Å². The number of halogens is 1. The summed E-state index contributed by atoms with van der Waals surface area (Å²) in [5.74, 6) is -0.291. The number of rotatable bonds is 5. The van der Waals surface area contributed by atoms with Crippen molar-refractivity contribution in [2.75, 3.05) is 7.05 Å². The van der Waals surface area contributed by atoms with Gasteiger partial charge in [-0.15, -0.1) is 0 Å². The third-order valence-electron chi connectivity index (χ3n) is 3.91. The zero-order chi connectivity index (χ0) is 13.9. The molecule has 0 radical (unpaired) electrons. The van der Waals surface area contributed by atoms with Gasteiger partial charge in [-0.2, -0.15) is 0 Å². The molecule has 0 spiro atoms. The molecule has 0 bridgehead atoms. The van der Waals surface area contributed by atoms with E-state index in [2.05, 4.69) is 25.7 Å². The second-order valence-electron chi connectivity index (χ2n) is 5.32. The van der Waals surface area contributed by atoms with Gasteiger partial charge in [-0.25, -0.2) is 4.39 Å². The number of carbonyl (C=O) groups excluding carboxylic acids is 1. The summed E-state index contributed by atoms with van der Waals surface area (Å²) in [6, 6.07) is 5.52. The molecule has 0 aliphatic heterocycles. The minimum atomic E-state index is -0.318. The quantitative estimate of drug-likeness (QED) is 0.746. The van der Waals surface area contributed by atoms with Crippen molar-refractivity contribution < 1.29 is 9.18 Å². The van der Waals surface area contributed by atoms with Gasteiger partial charge in [-0.3, -0.25) is 9.69 Å². The fraction of sp³-hybridized carbons (Fsp3) is 0.533. The lowest BCUT2D eigenvalue weighted by Gasteiger charge is -2.38. The number of benzene rings is 1. The van der Waals surface area contributed by atoms with Crippen molar-refractivity contribution in [2.24, 2.45) is 0 Å². The highest BCUT2D eigenvalue weighted by Gasteiger charge is 2.29. The highest BCUT2D eigenvalue weighted by atomic mass is 19.1. The SMILES string of the molecule is CCC(C)(C)N(C)C(C)C(=O)c1ccc(F)cc1. The van der Waals surface area contributed by atoms with Gasteiger partial charge in [0.25, 0.3) is 0 Å². The Labute approximate surface area is 109 Å². The van der Waals surface area contributed by atoms with Crippen LogP contribution >= 0.6 is 0 Å². The van der Waals surface area contributed by atoms with E-state index in [4.69, 9.17) is 0 Å². The first-order chi connectivity index (χ1) is 8.29. The fourth-order valence-corrected chi connectivity index (χ4v) is 1.80. The largest absolute Gasteiger partial charge is 0.292 e. The Morgan fingerprint density at radius 1 is 1.33 bits per heavy atom. The highest BCUT2D eigenvalue weighted by molar-refractivity contribution is 5.99. The number of ketones is 1. The van der Waals surface area contributed by atoms with E-state index in [1.807, 2.05) is 14.0 Å². The van der Waals surface area contributed by atoms with Crippen molar-refractivity contribution in [3.63, 3.8) is 0 Å². The van der Waals surface area contributed by atoms with Gasteiger partial charge in [0.1, 0.15) is 5.82 Å². The minimum absolute atomic E-state index is 0.0269. The van der Waals surface area contributed by atoms with E-state index in [0.29, 0.717) is 5.56 Å². The lowest BCUT2D eigenvalue weighted by molar-refractivity contribution is 0.0677. The van der Waals surface area contributed by atoms with Crippen molar-refractivity contribution in [1.82, 2.24) is 4.90 Å². The molecule has 1 atom stereocenters. The van der Waals surface area contributed by atoms with Crippen LogP contribution in [0.4, 0.5) is 4.39 Å². The number of hydrogen-bond donors (Lipinski definition) is 0. The smallest absolute Gasteiger partial charge is 0.179 e. The summed E-state index contributed by atoms with van der Waals surface area (Å²) < 4.78 is 12.8. The molecule has 3 heteroatoms. The molecule has 2 nitrogen and oxygen atoms in total. The van der Waals surface area contributed by atoms with Crippen LogP contribution in [0.2, 0.25) is 0 Å². The van der Waals surface area contributed by atoms with Crippen LogP contribution in [0.3, 0.4) is 0 Å². The molecule has 1 rings (SSSR count). The Balaban J connectivity index is 2.87. The van der Waals surface area contributed by atoms with E-state index < -0.39 is 0 Å². The second-order valence-corrected chi connectivity index (χ2v) is 5.32. The Morgan fingerprint density at radius 3 is 2.28 bits per heavy atom. The topological polar surface area (TPSA) is 20.3 Å². The van der Waals surface area contributed by atoms with E-state index in [-0.39, 0.29) is 23.2 Å². The van der Waals surface area contributed by atoms with Gasteiger partial charge in [-0.05, 0) is 58.5 Å². The van der Waals surface area contributed by atoms with Crippen LogP contribution in [0.5, 0.6) is 0 Å². The lowest BCUT2D eigenvalue weighted by atomic mass is 9.95. The van der Waals surface area contributed by atoms with Crippen molar-refractivity contribution in [3.8, 4) is 0 Å². The van der Waals surface area contributed by atoms with Crippen molar-refractivity contribution in [2.45, 2.75) is 45.7 Å². The van der Waals surface area contributed by atoms with Crippen molar-refractivity contribution in [1.29, 1.82) is 0 Å². The molecule has 0 saturated carbocycles. The standard InChI is InChI=1S/C15H22FNO/c1-6-15(3,4)17(5)11(2)14(18)12-7-9-13(16)10-8-12/h7-11H,6H2,1-5H3. The predicted molar refractivity (Wildman–Crippen MR) is 72.3 cm³/mol. The molecule has 0 N–H and O–H groups in total. The molecule has 0 amide bonds. The maximum absolute atomic E-state index is 12.8. The zero-order valence-electron chi connectivity index (χ0n) is 11.8. The van der Waals surface area contributed by atoms with Crippen LogP contribution < -0.4 is 0 Å². The monoisotopic (exact) mass is 251 g/mol. The zero-order valence-corrected chi connectivity index (χ0v) is 11.8. The number of hydrogen-bond acceptors (Lipinski definition) is 2. The van der Waals surface area contributed by atoms with Crippen LogP contribution in [-0.4, -0.2) is 29.3 Å². The van der Waals surface area contributed by atoms with E-state index >= 15 is 0 Å². The predicted octanol–water partition coefficient (Wildman–Crippen LogP) is 3.52. The van der Waals surface area contributed by atoms with Gasteiger partial charge >= 0.3 is 0 Å². The number of likely N-dealkylation sites (N-methyl/N-ethyl adjacent to an activating group) is 1. The first kappa shape index (κ1) is 14.8. The van der Waals surface area contributed by atoms with Crippen LogP contribution in [0, 0.1) is 5.82 Å². The maximum Gasteiger partial charge on any atom is 0.179 e. The van der Waals surface area contributed by atoms with E-state index in [1.165, 1.54) is 12.1 Å². The van der Waals surface area contributed by atoms with Crippen molar-refractivity contribution >= 4 is 5.78 Å². The van der Waals surface area contributed by atoms with Gasteiger partial charge in [-0.1, -0.05) is 6.92 Å². The molecule has 0 aromatic heterocycles. The Morgan fingerprint density at radius 2 is 1.83 bits per heavy atom. The Bertz CT molecular complexity index is 411. The highest BCUT2D eigenvalue weighted by Crippen LogP contribution is 2.21. The molecule has 18 heavy (non-hydrogen) atoms. The average Bonchev–Trinajstić information content (AvgIpc) is 2.37. The van der Waals surface area contributed by atoms with Crippen LogP contribution in [-0.2, 0) is 0 Å². The summed E-state index contributed by atoms with van der Waals surface area (Å²) in [6.45, 7) is 8.22. The summed E-state index contributed by atoms with van der Waals surface area (Å²) in [4.78, 5) is 14.4. The fourth-order valence-electron chi connectivity index (χ4n) is 1.80. The number of carbonyl (C=O) groups is 1. The van der Waals surface area contributed by atoms with E-state index in [1.54, 1.807) is 12.1 Å². The average molecular weight is 251 g/mol. The molecule has 1 unspecified atom stereocenters. The second kappa shape index (κ2) is 5.61. The lowest BCUT2D eigenvalue weighted by Crippen LogP contribution is -2.49. The molecule has 0 saturated heterocycles. The van der Waals surface area contributed by atoms with Crippen LogP contribution in [0.25, 0.3) is 0 Å². The molecule has 0 aliphatic carbocycles. The Hall–Kier alpha value is -1.22.